The van der Waals surface area contributed by atoms with Crippen LogP contribution in [0.1, 0.15) is 40.4 Å². The predicted octanol–water partition coefficient (Wildman–Crippen LogP) is 2.77. The number of nitrogens with one attached hydrogen (secondary N) is 1. The third kappa shape index (κ3) is 4.69. The Balaban J connectivity index is 1.48. The molecule has 1 aliphatic heterocycles. The highest BCUT2D eigenvalue weighted by molar-refractivity contribution is 5.94. The van der Waals surface area contributed by atoms with Crippen molar-refractivity contribution >= 4 is 11.9 Å². The van der Waals surface area contributed by atoms with Gasteiger partial charge in [-0.3, -0.25) is 4.79 Å². The Morgan fingerprint density at radius 1 is 1.16 bits per heavy atom. The first-order valence-electron chi connectivity index (χ1n) is 10.3. The number of rotatable bonds is 5. The molecule has 4 rings (SSSR count). The Bertz CT molecular complexity index is 1080. The summed E-state index contributed by atoms with van der Waals surface area (Å²) in [5.74, 6) is -0.437. The fourth-order valence-corrected chi connectivity index (χ4v) is 3.93. The van der Waals surface area contributed by atoms with E-state index in [1.807, 2.05) is 36.4 Å². The van der Waals surface area contributed by atoms with E-state index in [1.54, 1.807) is 34.0 Å². The van der Waals surface area contributed by atoms with E-state index in [9.17, 15) is 14.7 Å². The van der Waals surface area contributed by atoms with Crippen molar-refractivity contribution in [3.63, 3.8) is 0 Å². The molecule has 0 aliphatic carbocycles. The van der Waals surface area contributed by atoms with Gasteiger partial charge in [-0.05, 0) is 42.7 Å². The third-order valence-corrected chi connectivity index (χ3v) is 5.48. The molecule has 160 valence electrons. The van der Waals surface area contributed by atoms with Gasteiger partial charge < -0.3 is 21.1 Å². The van der Waals surface area contributed by atoms with Gasteiger partial charge >= 0.3 is 6.03 Å². The van der Waals surface area contributed by atoms with Crippen LogP contribution in [0.2, 0.25) is 0 Å². The summed E-state index contributed by atoms with van der Waals surface area (Å²) in [7, 11) is 0. The molecule has 8 heteroatoms. The van der Waals surface area contributed by atoms with Gasteiger partial charge in [0.25, 0.3) is 5.91 Å². The van der Waals surface area contributed by atoms with Crippen LogP contribution in [0.4, 0.5) is 4.79 Å². The fourth-order valence-electron chi connectivity index (χ4n) is 3.93. The quantitative estimate of drug-likeness (QED) is 0.590. The lowest BCUT2D eigenvalue weighted by Gasteiger charge is -2.32. The zero-order valence-corrected chi connectivity index (χ0v) is 17.1. The van der Waals surface area contributed by atoms with Crippen molar-refractivity contribution in [3.8, 4) is 11.4 Å². The van der Waals surface area contributed by atoms with Crippen LogP contribution in [-0.4, -0.2) is 44.8 Å². The summed E-state index contributed by atoms with van der Waals surface area (Å²) in [6.07, 6.45) is 3.29. The topological polar surface area (TPSA) is 113 Å². The van der Waals surface area contributed by atoms with Crippen molar-refractivity contribution in [1.82, 2.24) is 20.0 Å². The Kier molecular flexibility index (Phi) is 5.88. The molecule has 0 bridgehead atoms. The zero-order valence-electron chi connectivity index (χ0n) is 17.1. The summed E-state index contributed by atoms with van der Waals surface area (Å²) in [6.45, 7) is 1.41. The molecular formula is C23H25N5O3. The van der Waals surface area contributed by atoms with Crippen molar-refractivity contribution in [2.24, 2.45) is 5.73 Å². The molecule has 0 radical (unpaired) electrons. The highest BCUT2D eigenvalue weighted by atomic mass is 16.3. The summed E-state index contributed by atoms with van der Waals surface area (Å²) in [5.41, 5.74) is 8.30. The lowest BCUT2D eigenvalue weighted by atomic mass is 9.92. The SMILES string of the molecule is NC(=O)c1cn(-c2ccccc2)nc1[C@@H]1CCCN(C(=O)NCc2cccc(O)c2)C1. The van der Waals surface area contributed by atoms with Gasteiger partial charge in [-0.1, -0.05) is 30.3 Å². The molecule has 0 unspecified atom stereocenters. The van der Waals surface area contributed by atoms with Crippen LogP contribution < -0.4 is 11.1 Å². The lowest BCUT2D eigenvalue weighted by Crippen LogP contribution is -2.45. The minimum atomic E-state index is -0.525. The van der Waals surface area contributed by atoms with Crippen LogP contribution in [0.3, 0.4) is 0 Å². The van der Waals surface area contributed by atoms with Gasteiger partial charge in [-0.25, -0.2) is 9.48 Å². The van der Waals surface area contributed by atoms with E-state index in [0.717, 1.165) is 24.1 Å². The highest BCUT2D eigenvalue weighted by Gasteiger charge is 2.29. The number of aromatic hydroxyl groups is 1. The van der Waals surface area contributed by atoms with Gasteiger partial charge in [-0.15, -0.1) is 0 Å². The molecule has 2 aromatic carbocycles. The van der Waals surface area contributed by atoms with E-state index < -0.39 is 5.91 Å². The second-order valence-corrected chi connectivity index (χ2v) is 7.69. The summed E-state index contributed by atoms with van der Waals surface area (Å²) in [4.78, 5) is 26.5. The molecule has 31 heavy (non-hydrogen) atoms. The first-order chi connectivity index (χ1) is 15.0. The number of piperidine rings is 1. The Morgan fingerprint density at radius 2 is 1.97 bits per heavy atom. The molecule has 3 amide bonds. The number of nitrogens with two attached hydrogens (primary N) is 1. The number of primary amides is 1. The monoisotopic (exact) mass is 419 g/mol. The number of hydrogen-bond donors (Lipinski definition) is 3. The number of phenolic OH excluding ortho intramolecular Hbond substituents is 1. The Labute approximate surface area is 180 Å². The van der Waals surface area contributed by atoms with Crippen LogP contribution in [0.25, 0.3) is 5.69 Å². The average molecular weight is 419 g/mol. The third-order valence-electron chi connectivity index (χ3n) is 5.48. The Hall–Kier alpha value is -3.81. The second-order valence-electron chi connectivity index (χ2n) is 7.69. The molecule has 8 nitrogen and oxygen atoms in total. The number of aromatic nitrogens is 2. The molecule has 1 aromatic heterocycles. The van der Waals surface area contributed by atoms with Crippen molar-refractivity contribution in [3.05, 3.63) is 77.6 Å². The largest absolute Gasteiger partial charge is 0.508 e. The van der Waals surface area contributed by atoms with Gasteiger partial charge in [0.2, 0.25) is 0 Å². The van der Waals surface area contributed by atoms with Crippen molar-refractivity contribution < 1.29 is 14.7 Å². The Morgan fingerprint density at radius 3 is 2.71 bits per heavy atom. The molecule has 1 atom stereocenters. The van der Waals surface area contributed by atoms with Crippen LogP contribution in [0.5, 0.6) is 5.75 Å². The number of benzene rings is 2. The maximum absolute atomic E-state index is 12.7. The number of likely N-dealkylation sites (tertiary alicyclic amines) is 1. The molecule has 0 saturated carbocycles. The normalized spacial score (nSPS) is 16.1. The molecule has 2 heterocycles. The van der Waals surface area contributed by atoms with Gasteiger partial charge in [0, 0.05) is 31.7 Å². The molecule has 1 aliphatic rings. The number of carbonyl (C=O) groups excluding carboxylic acids is 2. The number of amides is 3. The van der Waals surface area contributed by atoms with E-state index in [2.05, 4.69) is 10.4 Å². The number of carbonyl (C=O) groups is 2. The van der Waals surface area contributed by atoms with Gasteiger partial charge in [0.1, 0.15) is 5.75 Å². The smallest absolute Gasteiger partial charge is 0.317 e. The predicted molar refractivity (Wildman–Crippen MR) is 116 cm³/mol. The first-order valence-corrected chi connectivity index (χ1v) is 10.3. The van der Waals surface area contributed by atoms with E-state index in [-0.39, 0.29) is 17.7 Å². The summed E-state index contributed by atoms with van der Waals surface area (Å²) < 4.78 is 1.66. The lowest BCUT2D eigenvalue weighted by molar-refractivity contribution is 0.0998. The minimum absolute atomic E-state index is 0.0762. The maximum Gasteiger partial charge on any atom is 0.317 e. The van der Waals surface area contributed by atoms with E-state index in [0.29, 0.717) is 30.9 Å². The summed E-state index contributed by atoms with van der Waals surface area (Å²) >= 11 is 0. The van der Waals surface area contributed by atoms with Crippen LogP contribution in [-0.2, 0) is 6.54 Å². The molecule has 1 saturated heterocycles. The average Bonchev–Trinajstić information content (AvgIpc) is 3.24. The van der Waals surface area contributed by atoms with Crippen LogP contribution in [0, 0.1) is 0 Å². The number of nitrogens with zero attached hydrogens (tertiary/aromatic N) is 3. The van der Waals surface area contributed by atoms with E-state index in [4.69, 9.17) is 5.73 Å². The van der Waals surface area contributed by atoms with Gasteiger partial charge in [-0.2, -0.15) is 5.10 Å². The molecule has 1 fully saturated rings. The van der Waals surface area contributed by atoms with Gasteiger partial charge in [0.05, 0.1) is 16.9 Å². The molecular weight excluding hydrogens is 394 g/mol. The maximum atomic E-state index is 12.7. The second kappa shape index (κ2) is 8.91. The van der Waals surface area contributed by atoms with Crippen LogP contribution >= 0.6 is 0 Å². The van der Waals surface area contributed by atoms with Gasteiger partial charge in [0.15, 0.2) is 0 Å². The van der Waals surface area contributed by atoms with Crippen molar-refractivity contribution in [2.75, 3.05) is 13.1 Å². The fraction of sp³-hybridized carbons (Fsp3) is 0.261. The van der Waals surface area contributed by atoms with Crippen molar-refractivity contribution in [2.45, 2.75) is 25.3 Å². The summed E-state index contributed by atoms with van der Waals surface area (Å²) in [5, 5.41) is 17.1. The van der Waals surface area contributed by atoms with E-state index >= 15 is 0 Å². The van der Waals surface area contributed by atoms with E-state index in [1.165, 1.54) is 0 Å². The molecule has 3 aromatic rings. The number of phenols is 1. The number of para-hydroxylation sites is 1. The number of hydrogen-bond acceptors (Lipinski definition) is 4. The molecule has 0 spiro atoms. The minimum Gasteiger partial charge on any atom is -0.508 e. The standard InChI is InChI=1S/C23H25N5O3/c24-22(30)20-15-28(18-8-2-1-3-9-18)26-21(20)17-7-5-11-27(14-17)23(31)25-13-16-6-4-10-19(29)12-16/h1-4,6,8-10,12,15,17,29H,5,7,11,13-14H2,(H2,24,30)(H,25,31)/t17-/m1/s1. The highest BCUT2D eigenvalue weighted by Crippen LogP contribution is 2.29. The van der Waals surface area contributed by atoms with Crippen molar-refractivity contribution in [1.29, 1.82) is 0 Å². The van der Waals surface area contributed by atoms with Crippen LogP contribution in [0.15, 0.2) is 60.8 Å². The number of urea groups is 1. The first kappa shape index (κ1) is 20.5. The zero-order chi connectivity index (χ0) is 21.8. The summed E-state index contributed by atoms with van der Waals surface area (Å²) in [6, 6.07) is 16.1. The molecule has 4 N–H and O–H groups in total.